The first kappa shape index (κ1) is 12.3. The maximum absolute atomic E-state index is 5.72. The second kappa shape index (κ2) is 6.58. The van der Waals surface area contributed by atoms with Gasteiger partial charge < -0.3 is 14.8 Å². The summed E-state index contributed by atoms with van der Waals surface area (Å²) >= 11 is 0. The molecule has 1 aliphatic carbocycles. The van der Waals surface area contributed by atoms with Crippen LogP contribution in [-0.2, 0) is 9.47 Å². The fraction of sp³-hybridized carbons (Fsp3) is 1.00. The molecule has 1 saturated carbocycles. The Kier molecular flexibility index (Phi) is 5.07. The van der Waals surface area contributed by atoms with E-state index >= 15 is 0 Å². The molecule has 0 amide bonds. The maximum atomic E-state index is 5.72. The number of nitrogens with one attached hydrogen (secondary N) is 1. The van der Waals surface area contributed by atoms with E-state index in [2.05, 4.69) is 12.2 Å². The van der Waals surface area contributed by atoms with Gasteiger partial charge in [0.2, 0.25) is 0 Å². The van der Waals surface area contributed by atoms with Gasteiger partial charge in [-0.2, -0.15) is 0 Å². The summed E-state index contributed by atoms with van der Waals surface area (Å²) in [7, 11) is 0. The van der Waals surface area contributed by atoms with Crippen molar-refractivity contribution in [1.82, 2.24) is 5.32 Å². The van der Waals surface area contributed by atoms with Crippen molar-refractivity contribution in [2.75, 3.05) is 26.4 Å². The van der Waals surface area contributed by atoms with Crippen LogP contribution >= 0.6 is 0 Å². The van der Waals surface area contributed by atoms with E-state index in [1.54, 1.807) is 0 Å². The predicted octanol–water partition coefficient (Wildman–Crippen LogP) is 1.96. The van der Waals surface area contributed by atoms with Crippen LogP contribution < -0.4 is 5.32 Å². The van der Waals surface area contributed by atoms with E-state index in [4.69, 9.17) is 9.47 Å². The van der Waals surface area contributed by atoms with Gasteiger partial charge in [-0.15, -0.1) is 0 Å². The van der Waals surface area contributed by atoms with Crippen LogP contribution in [0.2, 0.25) is 0 Å². The fourth-order valence-corrected chi connectivity index (χ4v) is 2.67. The van der Waals surface area contributed by atoms with E-state index < -0.39 is 0 Å². The first-order valence-corrected chi connectivity index (χ1v) is 6.77. The van der Waals surface area contributed by atoms with Gasteiger partial charge in [0.05, 0.1) is 12.7 Å². The van der Waals surface area contributed by atoms with Crippen molar-refractivity contribution in [2.45, 2.75) is 51.2 Å². The molecule has 1 heterocycles. The predicted molar refractivity (Wildman–Crippen MR) is 64.6 cm³/mol. The topological polar surface area (TPSA) is 30.5 Å². The normalized spacial score (nSPS) is 34.7. The van der Waals surface area contributed by atoms with Crippen LogP contribution in [0, 0.1) is 5.92 Å². The van der Waals surface area contributed by atoms with E-state index in [1.807, 2.05) is 0 Å². The van der Waals surface area contributed by atoms with Gasteiger partial charge in [-0.25, -0.2) is 0 Å². The molecule has 0 aromatic carbocycles. The minimum atomic E-state index is 0.367. The number of rotatable bonds is 6. The highest BCUT2D eigenvalue weighted by Gasteiger charge is 2.20. The Balaban J connectivity index is 1.43. The zero-order valence-corrected chi connectivity index (χ0v) is 10.4. The largest absolute Gasteiger partial charge is 0.379 e. The summed E-state index contributed by atoms with van der Waals surface area (Å²) in [6, 6.07) is 0.768. The van der Waals surface area contributed by atoms with Gasteiger partial charge in [0, 0.05) is 19.3 Å². The smallest absolute Gasteiger partial charge is 0.0830 e. The summed E-state index contributed by atoms with van der Waals surface area (Å²) in [5.74, 6) is 0.921. The molecule has 2 aliphatic rings. The Labute approximate surface area is 98.9 Å². The Morgan fingerprint density at radius 3 is 2.94 bits per heavy atom. The average molecular weight is 227 g/mol. The SMILES string of the molecule is CC1CCC(NCCCOC2CCOC2)C1. The molecule has 2 rings (SSSR count). The third-order valence-electron chi connectivity index (χ3n) is 3.69. The van der Waals surface area contributed by atoms with Crippen LogP contribution in [0.15, 0.2) is 0 Å². The Hall–Kier alpha value is -0.120. The maximum Gasteiger partial charge on any atom is 0.0830 e. The number of hydrogen-bond donors (Lipinski definition) is 1. The molecular weight excluding hydrogens is 202 g/mol. The van der Waals surface area contributed by atoms with Crippen LogP contribution in [0.5, 0.6) is 0 Å². The molecule has 3 atom stereocenters. The highest BCUT2D eigenvalue weighted by molar-refractivity contribution is 4.77. The molecule has 94 valence electrons. The lowest BCUT2D eigenvalue weighted by molar-refractivity contribution is 0.0413. The van der Waals surface area contributed by atoms with Gasteiger partial charge in [-0.3, -0.25) is 0 Å². The standard InChI is InChI=1S/C13H25NO2/c1-11-3-4-12(9-11)14-6-2-7-16-13-5-8-15-10-13/h11-14H,2-10H2,1H3. The van der Waals surface area contributed by atoms with E-state index in [1.165, 1.54) is 19.3 Å². The van der Waals surface area contributed by atoms with Crippen molar-refractivity contribution in [1.29, 1.82) is 0 Å². The third-order valence-corrected chi connectivity index (χ3v) is 3.69. The average Bonchev–Trinajstić information content (AvgIpc) is 2.89. The molecule has 0 bridgehead atoms. The molecule has 3 heteroatoms. The fourth-order valence-electron chi connectivity index (χ4n) is 2.67. The van der Waals surface area contributed by atoms with Gasteiger partial charge in [0.15, 0.2) is 0 Å². The van der Waals surface area contributed by atoms with Crippen LogP contribution in [-0.4, -0.2) is 38.5 Å². The lowest BCUT2D eigenvalue weighted by Crippen LogP contribution is -2.28. The molecule has 0 radical (unpaired) electrons. The van der Waals surface area contributed by atoms with Crippen molar-refractivity contribution >= 4 is 0 Å². The second-order valence-corrected chi connectivity index (χ2v) is 5.28. The van der Waals surface area contributed by atoms with Crippen molar-refractivity contribution in [3.05, 3.63) is 0 Å². The van der Waals surface area contributed by atoms with E-state index in [9.17, 15) is 0 Å². The Morgan fingerprint density at radius 1 is 1.31 bits per heavy atom. The van der Waals surface area contributed by atoms with Crippen LogP contribution in [0.3, 0.4) is 0 Å². The van der Waals surface area contributed by atoms with Crippen molar-refractivity contribution in [2.24, 2.45) is 5.92 Å². The molecule has 0 aromatic rings. The molecule has 0 aromatic heterocycles. The van der Waals surface area contributed by atoms with Crippen LogP contribution in [0.1, 0.15) is 39.0 Å². The summed E-state index contributed by atoms with van der Waals surface area (Å²) in [5, 5.41) is 3.63. The molecule has 1 N–H and O–H groups in total. The zero-order valence-electron chi connectivity index (χ0n) is 10.4. The quantitative estimate of drug-likeness (QED) is 0.704. The number of ether oxygens (including phenoxy) is 2. The van der Waals surface area contributed by atoms with Crippen molar-refractivity contribution in [3.8, 4) is 0 Å². The van der Waals surface area contributed by atoms with E-state index in [0.717, 1.165) is 51.2 Å². The zero-order chi connectivity index (χ0) is 11.2. The summed E-state index contributed by atoms with van der Waals surface area (Å²) in [6.45, 7) is 6.01. The first-order chi connectivity index (χ1) is 7.84. The van der Waals surface area contributed by atoms with E-state index in [0.29, 0.717) is 6.10 Å². The molecule has 0 spiro atoms. The Bertz CT molecular complexity index is 192. The molecule has 3 unspecified atom stereocenters. The van der Waals surface area contributed by atoms with Gasteiger partial charge in [0.25, 0.3) is 0 Å². The van der Waals surface area contributed by atoms with Crippen molar-refractivity contribution in [3.63, 3.8) is 0 Å². The number of hydrogen-bond acceptors (Lipinski definition) is 3. The minimum Gasteiger partial charge on any atom is -0.379 e. The molecule has 1 aliphatic heterocycles. The van der Waals surface area contributed by atoms with E-state index in [-0.39, 0.29) is 0 Å². The molecular formula is C13H25NO2. The molecule has 16 heavy (non-hydrogen) atoms. The monoisotopic (exact) mass is 227 g/mol. The first-order valence-electron chi connectivity index (χ1n) is 6.77. The lowest BCUT2D eigenvalue weighted by Gasteiger charge is -2.13. The van der Waals surface area contributed by atoms with Gasteiger partial charge in [-0.1, -0.05) is 6.92 Å². The summed E-state index contributed by atoms with van der Waals surface area (Å²) in [5.41, 5.74) is 0. The molecule has 2 fully saturated rings. The highest BCUT2D eigenvalue weighted by Crippen LogP contribution is 2.24. The second-order valence-electron chi connectivity index (χ2n) is 5.28. The van der Waals surface area contributed by atoms with Gasteiger partial charge >= 0.3 is 0 Å². The molecule has 1 saturated heterocycles. The van der Waals surface area contributed by atoms with Gasteiger partial charge in [0.1, 0.15) is 0 Å². The third kappa shape index (κ3) is 4.04. The van der Waals surface area contributed by atoms with Crippen LogP contribution in [0.4, 0.5) is 0 Å². The van der Waals surface area contributed by atoms with Crippen LogP contribution in [0.25, 0.3) is 0 Å². The lowest BCUT2D eigenvalue weighted by atomic mass is 10.1. The highest BCUT2D eigenvalue weighted by atomic mass is 16.5. The summed E-state index contributed by atoms with van der Waals surface area (Å²) in [4.78, 5) is 0. The molecule has 3 nitrogen and oxygen atoms in total. The summed E-state index contributed by atoms with van der Waals surface area (Å²) < 4.78 is 11.0. The summed E-state index contributed by atoms with van der Waals surface area (Å²) in [6.07, 6.45) is 6.68. The Morgan fingerprint density at radius 2 is 2.25 bits per heavy atom. The van der Waals surface area contributed by atoms with Gasteiger partial charge in [-0.05, 0) is 44.6 Å². The van der Waals surface area contributed by atoms with Crippen molar-refractivity contribution < 1.29 is 9.47 Å². The minimum absolute atomic E-state index is 0.367.